The number of nitrogens with one attached hydrogen (secondary N) is 1. The van der Waals surface area contributed by atoms with Crippen LogP contribution in [0.1, 0.15) is 51.3 Å². The van der Waals surface area contributed by atoms with Gasteiger partial charge in [-0.15, -0.1) is 0 Å². The van der Waals surface area contributed by atoms with Gasteiger partial charge in [0, 0.05) is 24.1 Å². The second kappa shape index (κ2) is 8.70. The second-order valence-electron chi connectivity index (χ2n) is 4.66. The molecule has 0 saturated carbocycles. The Morgan fingerprint density at radius 1 is 1.29 bits per heavy atom. The van der Waals surface area contributed by atoms with E-state index in [1.165, 1.54) is 25.7 Å². The van der Waals surface area contributed by atoms with Gasteiger partial charge in [0.2, 0.25) is 0 Å². The van der Waals surface area contributed by atoms with Gasteiger partial charge in [0.05, 0.1) is 5.69 Å². The van der Waals surface area contributed by atoms with Gasteiger partial charge in [-0.3, -0.25) is 4.68 Å². The lowest BCUT2D eigenvalue weighted by Crippen LogP contribution is -2.15. The molecular weight excluding hydrogens is 278 g/mol. The third-order valence-corrected chi connectivity index (χ3v) is 3.30. The topological polar surface area (TPSA) is 29.9 Å². The lowest BCUT2D eigenvalue weighted by atomic mass is 10.2. The van der Waals surface area contributed by atoms with Gasteiger partial charge in [0.1, 0.15) is 0 Å². The van der Waals surface area contributed by atoms with Crippen molar-refractivity contribution in [1.29, 1.82) is 0 Å². The van der Waals surface area contributed by atoms with Crippen molar-refractivity contribution >= 4 is 15.9 Å². The van der Waals surface area contributed by atoms with E-state index >= 15 is 0 Å². The Hall–Kier alpha value is -0.350. The van der Waals surface area contributed by atoms with Crippen molar-refractivity contribution in [2.75, 3.05) is 11.9 Å². The van der Waals surface area contributed by atoms with E-state index < -0.39 is 0 Å². The molecule has 0 aromatic carbocycles. The zero-order valence-electron chi connectivity index (χ0n) is 11.0. The Balaban J connectivity index is 2.05. The highest BCUT2D eigenvalue weighted by Crippen LogP contribution is 2.04. The first kappa shape index (κ1) is 14.7. The lowest BCUT2D eigenvalue weighted by molar-refractivity contribution is 0.519. The van der Waals surface area contributed by atoms with Gasteiger partial charge < -0.3 is 5.32 Å². The first-order valence-corrected chi connectivity index (χ1v) is 7.67. The van der Waals surface area contributed by atoms with Gasteiger partial charge in [-0.1, -0.05) is 28.8 Å². The van der Waals surface area contributed by atoms with Crippen LogP contribution in [0.5, 0.6) is 0 Å². The number of alkyl halides is 1. The van der Waals surface area contributed by atoms with Crippen molar-refractivity contribution in [2.45, 2.75) is 52.1 Å². The fourth-order valence-corrected chi connectivity index (χ4v) is 2.07. The number of hydrogen-bond acceptors (Lipinski definition) is 2. The maximum absolute atomic E-state index is 4.50. The molecule has 0 aliphatic carbocycles. The number of hydrogen-bond donors (Lipinski definition) is 1. The average Bonchev–Trinajstić information content (AvgIpc) is 2.77. The van der Waals surface area contributed by atoms with Crippen LogP contribution in [0.4, 0.5) is 0 Å². The second-order valence-corrected chi connectivity index (χ2v) is 5.45. The van der Waals surface area contributed by atoms with Gasteiger partial charge in [-0.2, -0.15) is 5.10 Å². The molecule has 0 aliphatic heterocycles. The summed E-state index contributed by atoms with van der Waals surface area (Å²) >= 11 is 3.45. The molecule has 0 aliphatic rings. The largest absolute Gasteiger partial charge is 0.311 e. The van der Waals surface area contributed by atoms with E-state index in [0.29, 0.717) is 6.04 Å². The van der Waals surface area contributed by atoms with Gasteiger partial charge in [-0.25, -0.2) is 0 Å². The minimum Gasteiger partial charge on any atom is -0.311 e. The number of unbranched alkanes of at least 4 members (excludes halogenated alkanes) is 3. The Bertz CT molecular complexity index is 297. The molecule has 1 N–H and O–H groups in total. The normalized spacial score (nSPS) is 11.3. The molecule has 0 unspecified atom stereocenters. The fourth-order valence-electron chi connectivity index (χ4n) is 1.67. The van der Waals surface area contributed by atoms with Gasteiger partial charge in [0.25, 0.3) is 0 Å². The summed E-state index contributed by atoms with van der Waals surface area (Å²) in [7, 11) is 0. The van der Waals surface area contributed by atoms with Crippen LogP contribution < -0.4 is 5.32 Å². The Morgan fingerprint density at radius 3 is 2.71 bits per heavy atom. The monoisotopic (exact) mass is 301 g/mol. The summed E-state index contributed by atoms with van der Waals surface area (Å²) in [6.45, 7) is 6.27. The molecule has 1 aromatic rings. The standard InChI is InChI=1S/C13H24BrN3/c1-12(2)17-10-7-13(16-17)11-15-9-6-4-3-5-8-14/h7,10,12,15H,3-6,8-9,11H2,1-2H3. The molecule has 3 nitrogen and oxygen atoms in total. The van der Waals surface area contributed by atoms with E-state index in [-0.39, 0.29) is 0 Å². The van der Waals surface area contributed by atoms with Crippen LogP contribution in [0.15, 0.2) is 12.3 Å². The molecule has 1 aromatic heterocycles. The molecule has 1 rings (SSSR count). The first-order chi connectivity index (χ1) is 8.24. The van der Waals surface area contributed by atoms with E-state index in [4.69, 9.17) is 0 Å². The van der Waals surface area contributed by atoms with E-state index in [2.05, 4.69) is 52.5 Å². The van der Waals surface area contributed by atoms with Crippen molar-refractivity contribution < 1.29 is 0 Å². The molecule has 1 heterocycles. The summed E-state index contributed by atoms with van der Waals surface area (Å²) in [6.07, 6.45) is 7.25. The third-order valence-electron chi connectivity index (χ3n) is 2.74. The Labute approximate surface area is 113 Å². The molecule has 0 radical (unpaired) electrons. The summed E-state index contributed by atoms with van der Waals surface area (Å²) in [6, 6.07) is 2.55. The van der Waals surface area contributed by atoms with E-state index in [1.54, 1.807) is 0 Å². The maximum atomic E-state index is 4.50. The first-order valence-electron chi connectivity index (χ1n) is 6.54. The third kappa shape index (κ3) is 6.22. The summed E-state index contributed by atoms with van der Waals surface area (Å²) in [4.78, 5) is 0. The highest BCUT2D eigenvalue weighted by molar-refractivity contribution is 9.09. The fraction of sp³-hybridized carbons (Fsp3) is 0.769. The van der Waals surface area contributed by atoms with Crippen LogP contribution in [0.2, 0.25) is 0 Å². The molecular formula is C13H24BrN3. The Morgan fingerprint density at radius 2 is 2.06 bits per heavy atom. The van der Waals surface area contributed by atoms with Gasteiger partial charge in [0.15, 0.2) is 0 Å². The van der Waals surface area contributed by atoms with Gasteiger partial charge in [-0.05, 0) is 39.3 Å². The molecule has 98 valence electrons. The molecule has 0 fully saturated rings. The van der Waals surface area contributed by atoms with Crippen LogP contribution in [-0.4, -0.2) is 21.7 Å². The predicted molar refractivity (Wildman–Crippen MR) is 76.6 cm³/mol. The highest BCUT2D eigenvalue weighted by atomic mass is 79.9. The quantitative estimate of drug-likeness (QED) is 0.559. The van der Waals surface area contributed by atoms with Crippen LogP contribution >= 0.6 is 15.9 Å². The van der Waals surface area contributed by atoms with Crippen molar-refractivity contribution in [3.05, 3.63) is 18.0 Å². The smallest absolute Gasteiger partial charge is 0.0762 e. The van der Waals surface area contributed by atoms with E-state index in [9.17, 15) is 0 Å². The molecule has 17 heavy (non-hydrogen) atoms. The van der Waals surface area contributed by atoms with Crippen molar-refractivity contribution in [1.82, 2.24) is 15.1 Å². The SMILES string of the molecule is CC(C)n1ccc(CNCCCCCCBr)n1. The molecule has 0 atom stereocenters. The molecule has 0 spiro atoms. The van der Waals surface area contributed by atoms with Crippen LogP contribution in [0, 0.1) is 0 Å². The van der Waals surface area contributed by atoms with Crippen LogP contribution in [0.3, 0.4) is 0 Å². The summed E-state index contributed by atoms with van der Waals surface area (Å²) < 4.78 is 2.01. The number of rotatable bonds is 9. The zero-order chi connectivity index (χ0) is 12.5. The Kier molecular flexibility index (Phi) is 7.53. The van der Waals surface area contributed by atoms with Crippen molar-refractivity contribution in [3.63, 3.8) is 0 Å². The van der Waals surface area contributed by atoms with Crippen molar-refractivity contribution in [2.24, 2.45) is 0 Å². The van der Waals surface area contributed by atoms with Crippen LogP contribution in [0.25, 0.3) is 0 Å². The van der Waals surface area contributed by atoms with Crippen LogP contribution in [-0.2, 0) is 6.54 Å². The predicted octanol–water partition coefficient (Wildman–Crippen LogP) is 3.51. The van der Waals surface area contributed by atoms with Crippen molar-refractivity contribution in [3.8, 4) is 0 Å². The van der Waals surface area contributed by atoms with E-state index in [0.717, 1.165) is 24.1 Å². The lowest BCUT2D eigenvalue weighted by Gasteiger charge is -2.04. The average molecular weight is 302 g/mol. The molecule has 4 heteroatoms. The maximum Gasteiger partial charge on any atom is 0.0762 e. The summed E-state index contributed by atoms with van der Waals surface area (Å²) in [5.74, 6) is 0. The minimum atomic E-state index is 0.452. The number of nitrogens with zero attached hydrogens (tertiary/aromatic N) is 2. The zero-order valence-corrected chi connectivity index (χ0v) is 12.5. The van der Waals surface area contributed by atoms with Gasteiger partial charge >= 0.3 is 0 Å². The molecule has 0 bridgehead atoms. The number of aromatic nitrogens is 2. The molecule has 0 saturated heterocycles. The number of halogens is 1. The highest BCUT2D eigenvalue weighted by Gasteiger charge is 2.00. The summed E-state index contributed by atoms with van der Waals surface area (Å²) in [5.41, 5.74) is 1.14. The minimum absolute atomic E-state index is 0.452. The summed E-state index contributed by atoms with van der Waals surface area (Å²) in [5, 5.41) is 9.08. The van der Waals surface area contributed by atoms with E-state index in [1.807, 2.05) is 4.68 Å². The molecule has 0 amide bonds.